The molecule has 1 amide bonds. The first-order valence-corrected chi connectivity index (χ1v) is 9.26. The molecule has 0 spiro atoms. The summed E-state index contributed by atoms with van der Waals surface area (Å²) in [7, 11) is 0. The van der Waals surface area contributed by atoms with Crippen LogP contribution < -0.4 is 16.2 Å². The Hall–Kier alpha value is -1.62. The van der Waals surface area contributed by atoms with Crippen molar-refractivity contribution >= 4 is 23.2 Å². The van der Waals surface area contributed by atoms with Crippen molar-refractivity contribution in [1.29, 1.82) is 0 Å². The molecule has 24 heavy (non-hydrogen) atoms. The first-order valence-electron chi connectivity index (χ1n) is 8.85. The highest BCUT2D eigenvalue weighted by Crippen LogP contribution is 2.29. The molecule has 1 aromatic carbocycles. The van der Waals surface area contributed by atoms with Crippen LogP contribution in [0.1, 0.15) is 68.8 Å². The van der Waals surface area contributed by atoms with Crippen molar-refractivity contribution in [3.8, 4) is 0 Å². The average molecular weight is 348 g/mol. The summed E-state index contributed by atoms with van der Waals surface area (Å²) in [5.74, 6) is 1.56. The zero-order chi connectivity index (χ0) is 17.7. The lowest BCUT2D eigenvalue weighted by Crippen LogP contribution is -2.52. The van der Waals surface area contributed by atoms with Crippen molar-refractivity contribution in [3.63, 3.8) is 0 Å². The predicted molar refractivity (Wildman–Crippen MR) is 103 cm³/mol. The Balaban J connectivity index is 1.81. The van der Waals surface area contributed by atoms with E-state index < -0.39 is 0 Å². The number of hydrazine groups is 1. The molecule has 0 bridgehead atoms. The maximum Gasteiger partial charge on any atom is 0.269 e. The molecule has 1 aromatic rings. The molecular formula is C19H29N3OS. The molecule has 0 aliphatic heterocycles. The van der Waals surface area contributed by atoms with Crippen LogP contribution in [0.15, 0.2) is 24.3 Å². The van der Waals surface area contributed by atoms with Crippen LogP contribution in [0, 0.1) is 11.8 Å². The van der Waals surface area contributed by atoms with Crippen LogP contribution >= 0.6 is 12.2 Å². The molecule has 2 rings (SSSR count). The number of carbonyl (C=O) groups excluding carboxylic acids is 1. The van der Waals surface area contributed by atoms with Crippen LogP contribution in [0.2, 0.25) is 0 Å². The van der Waals surface area contributed by atoms with Gasteiger partial charge in [-0.2, -0.15) is 0 Å². The molecule has 0 unspecified atom stereocenters. The van der Waals surface area contributed by atoms with Crippen molar-refractivity contribution in [3.05, 3.63) is 35.4 Å². The molecular weight excluding hydrogens is 318 g/mol. The van der Waals surface area contributed by atoms with Gasteiger partial charge in [0, 0.05) is 11.6 Å². The van der Waals surface area contributed by atoms with Gasteiger partial charge in [-0.25, -0.2) is 0 Å². The van der Waals surface area contributed by atoms with Gasteiger partial charge in [-0.05, 0) is 54.1 Å². The number of hydrogen-bond acceptors (Lipinski definition) is 2. The average Bonchev–Trinajstić information content (AvgIpc) is 2.57. The smallest absolute Gasteiger partial charge is 0.269 e. The van der Waals surface area contributed by atoms with Gasteiger partial charge in [-0.3, -0.25) is 15.6 Å². The molecule has 1 fully saturated rings. The van der Waals surface area contributed by atoms with Crippen molar-refractivity contribution < 1.29 is 4.79 Å². The number of hydrogen-bond donors (Lipinski definition) is 3. The molecule has 3 atom stereocenters. The molecule has 0 radical (unpaired) electrons. The van der Waals surface area contributed by atoms with E-state index in [0.717, 1.165) is 6.42 Å². The zero-order valence-corrected chi connectivity index (χ0v) is 15.9. The normalized spacial score (nSPS) is 23.6. The molecule has 1 aliphatic rings. The molecule has 5 heteroatoms. The highest BCUT2D eigenvalue weighted by Gasteiger charge is 2.27. The molecule has 132 valence electrons. The second-order valence-corrected chi connectivity index (χ2v) is 7.61. The number of nitrogens with one attached hydrogen (secondary N) is 3. The third-order valence-corrected chi connectivity index (χ3v) is 5.37. The van der Waals surface area contributed by atoms with Gasteiger partial charge in [0.2, 0.25) is 0 Å². The highest BCUT2D eigenvalue weighted by atomic mass is 32.1. The standard InChI is InChI=1S/C19H29N3OS/c1-12(2)15-8-10-16(11-9-15)18(23)21-22-19(24)20-17-7-5-6-13(3)14(17)4/h8-14,17H,5-7H2,1-4H3,(H,21,23)(H2,20,22,24)/t13-,14-,17-/m1/s1. The van der Waals surface area contributed by atoms with Gasteiger partial charge in [0.15, 0.2) is 5.11 Å². The summed E-state index contributed by atoms with van der Waals surface area (Å²) in [5, 5.41) is 3.82. The van der Waals surface area contributed by atoms with Gasteiger partial charge in [-0.1, -0.05) is 52.7 Å². The van der Waals surface area contributed by atoms with E-state index in [1.807, 2.05) is 24.3 Å². The minimum absolute atomic E-state index is 0.181. The van der Waals surface area contributed by atoms with Crippen molar-refractivity contribution in [2.75, 3.05) is 0 Å². The zero-order valence-electron chi connectivity index (χ0n) is 15.1. The summed E-state index contributed by atoms with van der Waals surface area (Å²) in [4.78, 5) is 12.2. The van der Waals surface area contributed by atoms with Gasteiger partial charge >= 0.3 is 0 Å². The number of amides is 1. The summed E-state index contributed by atoms with van der Waals surface area (Å²) >= 11 is 5.31. The van der Waals surface area contributed by atoms with Gasteiger partial charge < -0.3 is 5.32 Å². The van der Waals surface area contributed by atoms with Gasteiger partial charge in [0.1, 0.15) is 0 Å². The first-order chi connectivity index (χ1) is 11.4. The Kier molecular flexibility index (Phi) is 6.60. The van der Waals surface area contributed by atoms with E-state index in [1.54, 1.807) is 0 Å². The fraction of sp³-hybridized carbons (Fsp3) is 0.579. The van der Waals surface area contributed by atoms with Crippen LogP contribution in [0.4, 0.5) is 0 Å². The van der Waals surface area contributed by atoms with Gasteiger partial charge in [0.25, 0.3) is 5.91 Å². The Morgan fingerprint density at radius 2 is 1.79 bits per heavy atom. The molecule has 1 saturated carbocycles. The van der Waals surface area contributed by atoms with Crippen LogP contribution in [0.25, 0.3) is 0 Å². The molecule has 0 aromatic heterocycles. The molecule has 0 heterocycles. The second-order valence-electron chi connectivity index (χ2n) is 7.20. The maximum absolute atomic E-state index is 12.2. The number of benzene rings is 1. The van der Waals surface area contributed by atoms with Crippen molar-refractivity contribution in [2.24, 2.45) is 11.8 Å². The Labute approximate surface area is 150 Å². The van der Waals surface area contributed by atoms with Crippen LogP contribution in [-0.2, 0) is 0 Å². The summed E-state index contributed by atoms with van der Waals surface area (Å²) in [6.45, 7) is 8.82. The van der Waals surface area contributed by atoms with E-state index in [1.165, 1.54) is 18.4 Å². The fourth-order valence-electron chi connectivity index (χ4n) is 3.20. The highest BCUT2D eigenvalue weighted by molar-refractivity contribution is 7.80. The Morgan fingerprint density at radius 3 is 2.42 bits per heavy atom. The third-order valence-electron chi connectivity index (χ3n) is 5.15. The van der Waals surface area contributed by atoms with Crippen molar-refractivity contribution in [2.45, 2.75) is 58.9 Å². The van der Waals surface area contributed by atoms with Gasteiger partial charge in [0.05, 0.1) is 0 Å². The fourth-order valence-corrected chi connectivity index (χ4v) is 3.40. The van der Waals surface area contributed by atoms with Crippen LogP contribution in [0.3, 0.4) is 0 Å². The maximum atomic E-state index is 12.2. The second kappa shape index (κ2) is 8.47. The minimum atomic E-state index is -0.181. The van der Waals surface area contributed by atoms with E-state index in [-0.39, 0.29) is 5.91 Å². The minimum Gasteiger partial charge on any atom is -0.358 e. The Bertz CT molecular complexity index is 570. The first kappa shape index (κ1) is 18.7. The van der Waals surface area contributed by atoms with Crippen molar-refractivity contribution in [1.82, 2.24) is 16.2 Å². The molecule has 0 saturated heterocycles. The van der Waals surface area contributed by atoms with E-state index in [4.69, 9.17) is 12.2 Å². The quantitative estimate of drug-likeness (QED) is 0.576. The van der Waals surface area contributed by atoms with E-state index in [2.05, 4.69) is 43.9 Å². The Morgan fingerprint density at radius 1 is 1.12 bits per heavy atom. The summed E-state index contributed by atoms with van der Waals surface area (Å²) in [6.07, 6.45) is 3.63. The summed E-state index contributed by atoms with van der Waals surface area (Å²) in [5.41, 5.74) is 7.33. The van der Waals surface area contributed by atoms with E-state index in [9.17, 15) is 4.79 Å². The van der Waals surface area contributed by atoms with Crippen LogP contribution in [-0.4, -0.2) is 17.1 Å². The topological polar surface area (TPSA) is 53.2 Å². The molecule has 1 aliphatic carbocycles. The lowest BCUT2D eigenvalue weighted by Gasteiger charge is -2.35. The van der Waals surface area contributed by atoms with E-state index in [0.29, 0.717) is 34.5 Å². The summed E-state index contributed by atoms with van der Waals surface area (Å²) in [6, 6.07) is 8.03. The lowest BCUT2D eigenvalue weighted by atomic mass is 9.78. The number of thiocarbonyl (C=S) groups is 1. The van der Waals surface area contributed by atoms with E-state index >= 15 is 0 Å². The van der Waals surface area contributed by atoms with Gasteiger partial charge in [-0.15, -0.1) is 0 Å². The largest absolute Gasteiger partial charge is 0.358 e. The molecule has 4 nitrogen and oxygen atoms in total. The molecule has 3 N–H and O–H groups in total. The summed E-state index contributed by atoms with van der Waals surface area (Å²) < 4.78 is 0. The van der Waals surface area contributed by atoms with Crippen LogP contribution in [0.5, 0.6) is 0 Å². The SMILES string of the molecule is CC(C)c1ccc(C(=O)NNC(=S)N[C@@H]2CCC[C@@H](C)[C@H]2C)cc1. The monoisotopic (exact) mass is 347 g/mol. The lowest BCUT2D eigenvalue weighted by molar-refractivity contribution is 0.0943. The predicted octanol–water partition coefficient (Wildman–Crippen LogP) is 3.74. The number of rotatable bonds is 3. The number of carbonyl (C=O) groups is 1. The third kappa shape index (κ3) is 4.94.